The number of amides is 1. The van der Waals surface area contributed by atoms with Crippen molar-refractivity contribution in [2.45, 2.75) is 27.2 Å². The normalized spacial score (nSPS) is 19.6. The SMILES string of the molecule is CC(C)(C)C(=O)N1CCCN(CCBr)CC1. The maximum atomic E-state index is 12.1. The predicted octanol–water partition coefficient (Wildman–Crippen LogP) is 1.96. The van der Waals surface area contributed by atoms with Crippen LogP contribution in [0, 0.1) is 5.41 Å². The molecule has 0 aromatic carbocycles. The lowest BCUT2D eigenvalue weighted by atomic mass is 9.94. The summed E-state index contributed by atoms with van der Waals surface area (Å²) >= 11 is 3.46. The molecule has 4 heteroatoms. The van der Waals surface area contributed by atoms with E-state index in [9.17, 15) is 4.79 Å². The number of nitrogens with zero attached hydrogens (tertiary/aromatic N) is 2. The van der Waals surface area contributed by atoms with Crippen LogP contribution in [0.5, 0.6) is 0 Å². The molecule has 0 spiro atoms. The molecule has 0 atom stereocenters. The van der Waals surface area contributed by atoms with E-state index in [0.29, 0.717) is 0 Å². The van der Waals surface area contributed by atoms with E-state index in [1.54, 1.807) is 0 Å². The van der Waals surface area contributed by atoms with Gasteiger partial charge in [-0.05, 0) is 13.0 Å². The van der Waals surface area contributed by atoms with E-state index in [0.717, 1.165) is 44.5 Å². The standard InChI is InChI=1S/C12H23BrN2O/c1-12(2,3)11(16)15-7-4-6-14(8-5-13)9-10-15/h4-10H2,1-3H3. The number of alkyl halides is 1. The van der Waals surface area contributed by atoms with Crippen LogP contribution in [-0.4, -0.2) is 53.8 Å². The second-order valence-electron chi connectivity index (χ2n) is 5.43. The molecule has 0 unspecified atom stereocenters. The van der Waals surface area contributed by atoms with Crippen LogP contribution in [-0.2, 0) is 4.79 Å². The summed E-state index contributed by atoms with van der Waals surface area (Å²) in [5.41, 5.74) is -0.245. The van der Waals surface area contributed by atoms with E-state index in [-0.39, 0.29) is 11.3 Å². The third-order valence-electron chi connectivity index (χ3n) is 2.92. The average Bonchev–Trinajstić information content (AvgIpc) is 2.41. The van der Waals surface area contributed by atoms with Crippen LogP contribution < -0.4 is 0 Å². The van der Waals surface area contributed by atoms with Crippen LogP contribution in [0.4, 0.5) is 0 Å². The van der Waals surface area contributed by atoms with Gasteiger partial charge in [0.15, 0.2) is 0 Å². The van der Waals surface area contributed by atoms with Gasteiger partial charge in [-0.3, -0.25) is 4.79 Å². The molecule has 1 amide bonds. The molecule has 3 nitrogen and oxygen atoms in total. The highest BCUT2D eigenvalue weighted by atomic mass is 79.9. The Morgan fingerprint density at radius 3 is 2.44 bits per heavy atom. The average molecular weight is 291 g/mol. The minimum absolute atomic E-state index is 0.245. The van der Waals surface area contributed by atoms with E-state index in [1.807, 2.05) is 25.7 Å². The summed E-state index contributed by atoms with van der Waals surface area (Å²) in [6.45, 7) is 11.0. The summed E-state index contributed by atoms with van der Waals surface area (Å²) < 4.78 is 0. The zero-order chi connectivity index (χ0) is 12.2. The molecule has 0 bridgehead atoms. The minimum Gasteiger partial charge on any atom is -0.341 e. The number of carbonyl (C=O) groups excluding carboxylic acids is 1. The third kappa shape index (κ3) is 4.06. The van der Waals surface area contributed by atoms with Crippen LogP contribution in [0.1, 0.15) is 27.2 Å². The first-order chi connectivity index (χ1) is 7.45. The molecule has 16 heavy (non-hydrogen) atoms. The highest BCUT2D eigenvalue weighted by molar-refractivity contribution is 9.09. The number of hydrogen-bond acceptors (Lipinski definition) is 2. The molecule has 0 saturated carbocycles. The summed E-state index contributed by atoms with van der Waals surface area (Å²) in [4.78, 5) is 16.6. The quantitative estimate of drug-likeness (QED) is 0.726. The van der Waals surface area contributed by atoms with Gasteiger partial charge in [-0.1, -0.05) is 36.7 Å². The number of halogens is 1. The molecular weight excluding hydrogens is 268 g/mol. The zero-order valence-electron chi connectivity index (χ0n) is 10.6. The first-order valence-electron chi connectivity index (χ1n) is 6.03. The maximum Gasteiger partial charge on any atom is 0.227 e. The summed E-state index contributed by atoms with van der Waals surface area (Å²) in [6.07, 6.45) is 1.09. The molecular formula is C12H23BrN2O. The lowest BCUT2D eigenvalue weighted by Gasteiger charge is -2.28. The Balaban J connectivity index is 2.50. The van der Waals surface area contributed by atoms with Gasteiger partial charge < -0.3 is 9.80 Å². The van der Waals surface area contributed by atoms with Gasteiger partial charge in [0.05, 0.1) is 0 Å². The van der Waals surface area contributed by atoms with Gasteiger partial charge in [0.25, 0.3) is 0 Å². The topological polar surface area (TPSA) is 23.6 Å². The van der Waals surface area contributed by atoms with Crippen molar-refractivity contribution in [1.82, 2.24) is 9.80 Å². The zero-order valence-corrected chi connectivity index (χ0v) is 12.2. The smallest absolute Gasteiger partial charge is 0.227 e. The van der Waals surface area contributed by atoms with Gasteiger partial charge in [-0.15, -0.1) is 0 Å². The van der Waals surface area contributed by atoms with Gasteiger partial charge in [0.1, 0.15) is 0 Å². The third-order valence-corrected chi connectivity index (χ3v) is 3.27. The molecule has 0 N–H and O–H groups in total. The first kappa shape index (κ1) is 14.0. The van der Waals surface area contributed by atoms with Crippen LogP contribution in [0.25, 0.3) is 0 Å². The molecule has 1 saturated heterocycles. The van der Waals surface area contributed by atoms with Crippen molar-refractivity contribution in [3.8, 4) is 0 Å². The molecule has 0 radical (unpaired) electrons. The van der Waals surface area contributed by atoms with E-state index < -0.39 is 0 Å². The molecule has 94 valence electrons. The van der Waals surface area contributed by atoms with Gasteiger partial charge in [-0.25, -0.2) is 0 Å². The molecule has 1 heterocycles. The predicted molar refractivity (Wildman–Crippen MR) is 70.9 cm³/mol. The first-order valence-corrected chi connectivity index (χ1v) is 7.15. The second-order valence-corrected chi connectivity index (χ2v) is 6.22. The lowest BCUT2D eigenvalue weighted by molar-refractivity contribution is -0.139. The fraction of sp³-hybridized carbons (Fsp3) is 0.917. The van der Waals surface area contributed by atoms with Crippen molar-refractivity contribution in [1.29, 1.82) is 0 Å². The van der Waals surface area contributed by atoms with Crippen molar-refractivity contribution < 1.29 is 4.79 Å². The van der Waals surface area contributed by atoms with E-state index in [1.165, 1.54) is 0 Å². The molecule has 1 fully saturated rings. The fourth-order valence-corrected chi connectivity index (χ4v) is 2.49. The van der Waals surface area contributed by atoms with E-state index in [4.69, 9.17) is 0 Å². The summed E-state index contributed by atoms with van der Waals surface area (Å²) in [5, 5.41) is 1.01. The van der Waals surface area contributed by atoms with Crippen molar-refractivity contribution in [3.05, 3.63) is 0 Å². The Morgan fingerprint density at radius 2 is 1.88 bits per heavy atom. The number of hydrogen-bond donors (Lipinski definition) is 0. The molecule has 0 aromatic heterocycles. The van der Waals surface area contributed by atoms with Gasteiger partial charge in [0.2, 0.25) is 5.91 Å². The van der Waals surface area contributed by atoms with Crippen molar-refractivity contribution in [2.24, 2.45) is 5.41 Å². The Morgan fingerprint density at radius 1 is 1.19 bits per heavy atom. The number of carbonyl (C=O) groups is 1. The molecule has 1 aliphatic heterocycles. The maximum absolute atomic E-state index is 12.1. The van der Waals surface area contributed by atoms with Crippen LogP contribution in [0.15, 0.2) is 0 Å². The van der Waals surface area contributed by atoms with E-state index >= 15 is 0 Å². The highest BCUT2D eigenvalue weighted by Crippen LogP contribution is 2.18. The van der Waals surface area contributed by atoms with Crippen LogP contribution in [0.3, 0.4) is 0 Å². The summed E-state index contributed by atoms with van der Waals surface area (Å²) in [7, 11) is 0. The number of rotatable bonds is 2. The molecule has 1 rings (SSSR count). The largest absolute Gasteiger partial charge is 0.341 e. The molecule has 0 aromatic rings. The minimum atomic E-state index is -0.245. The summed E-state index contributed by atoms with van der Waals surface area (Å²) in [6, 6.07) is 0. The monoisotopic (exact) mass is 290 g/mol. The second kappa shape index (κ2) is 6.01. The van der Waals surface area contributed by atoms with Gasteiger partial charge in [0, 0.05) is 36.9 Å². The summed E-state index contributed by atoms with van der Waals surface area (Å²) in [5.74, 6) is 0.285. The Kier molecular flexibility index (Phi) is 5.25. The van der Waals surface area contributed by atoms with Gasteiger partial charge in [-0.2, -0.15) is 0 Å². The fourth-order valence-electron chi connectivity index (χ4n) is 1.99. The molecule has 1 aliphatic rings. The Labute approximate surface area is 107 Å². The van der Waals surface area contributed by atoms with Crippen LogP contribution >= 0.6 is 15.9 Å². The Bertz CT molecular complexity index is 238. The van der Waals surface area contributed by atoms with Crippen molar-refractivity contribution in [2.75, 3.05) is 38.1 Å². The van der Waals surface area contributed by atoms with Crippen molar-refractivity contribution >= 4 is 21.8 Å². The molecule has 0 aliphatic carbocycles. The van der Waals surface area contributed by atoms with Gasteiger partial charge >= 0.3 is 0 Å². The van der Waals surface area contributed by atoms with E-state index in [2.05, 4.69) is 20.8 Å². The highest BCUT2D eigenvalue weighted by Gasteiger charge is 2.28. The van der Waals surface area contributed by atoms with Crippen molar-refractivity contribution in [3.63, 3.8) is 0 Å². The Hall–Kier alpha value is -0.0900. The van der Waals surface area contributed by atoms with Crippen LogP contribution in [0.2, 0.25) is 0 Å². The lowest BCUT2D eigenvalue weighted by Crippen LogP contribution is -2.41.